The van der Waals surface area contributed by atoms with Crippen LogP contribution in [0.25, 0.3) is 49.1 Å². The fourth-order valence-electron chi connectivity index (χ4n) is 7.88. The lowest BCUT2D eigenvalue weighted by Crippen LogP contribution is -2.26. The number of nitrogens with zero attached hydrogens (tertiary/aromatic N) is 1. The zero-order valence-electron chi connectivity index (χ0n) is 27.3. The van der Waals surface area contributed by atoms with Gasteiger partial charge in [-0.1, -0.05) is 129 Å². The Balaban J connectivity index is 1.10. The average molecular weight is 620 g/mol. The summed E-state index contributed by atoms with van der Waals surface area (Å²) in [7, 11) is 0. The molecule has 0 aliphatic heterocycles. The van der Waals surface area contributed by atoms with E-state index in [1.807, 2.05) is 12.1 Å². The van der Waals surface area contributed by atoms with Crippen molar-refractivity contribution < 1.29 is 4.42 Å². The van der Waals surface area contributed by atoms with Gasteiger partial charge in [0, 0.05) is 33.8 Å². The fourth-order valence-corrected chi connectivity index (χ4v) is 7.88. The molecule has 2 aliphatic rings. The molecule has 0 N–H and O–H groups in total. The first-order valence-corrected chi connectivity index (χ1v) is 17.1. The SMILES string of the molecule is CC1CC(N(C2=CC(C)C(c3ccc4ccccc4c3)C=C2)c2ccc3ccccc3c2)=CC=C1c1ccc2oc3ccccc3c2c1. The van der Waals surface area contributed by atoms with Crippen LogP contribution in [0.5, 0.6) is 0 Å². The third-order valence-electron chi connectivity index (χ3n) is 10.4. The van der Waals surface area contributed by atoms with Crippen LogP contribution in [0.1, 0.15) is 37.3 Å². The zero-order valence-corrected chi connectivity index (χ0v) is 27.3. The Hall–Kier alpha value is -5.60. The number of benzene rings is 6. The summed E-state index contributed by atoms with van der Waals surface area (Å²) in [5.74, 6) is 1.02. The van der Waals surface area contributed by atoms with Gasteiger partial charge < -0.3 is 9.32 Å². The van der Waals surface area contributed by atoms with Gasteiger partial charge in [-0.05, 0) is 99.0 Å². The first-order chi connectivity index (χ1) is 23.6. The van der Waals surface area contributed by atoms with E-state index in [4.69, 9.17) is 4.42 Å². The van der Waals surface area contributed by atoms with Gasteiger partial charge in [-0.3, -0.25) is 0 Å². The van der Waals surface area contributed by atoms with E-state index in [-0.39, 0.29) is 0 Å². The van der Waals surface area contributed by atoms with Gasteiger partial charge in [0.2, 0.25) is 0 Å². The van der Waals surface area contributed by atoms with Crippen molar-refractivity contribution in [2.45, 2.75) is 26.2 Å². The number of anilines is 1. The van der Waals surface area contributed by atoms with E-state index in [0.29, 0.717) is 17.8 Å². The van der Waals surface area contributed by atoms with Gasteiger partial charge >= 0.3 is 0 Å². The second kappa shape index (κ2) is 11.6. The summed E-state index contributed by atoms with van der Waals surface area (Å²) in [6, 6.07) is 46.1. The Bertz CT molecular complexity index is 2490. The monoisotopic (exact) mass is 619 g/mol. The van der Waals surface area contributed by atoms with Crippen molar-refractivity contribution >= 4 is 54.7 Å². The molecule has 0 saturated carbocycles. The van der Waals surface area contributed by atoms with E-state index in [0.717, 1.165) is 17.6 Å². The van der Waals surface area contributed by atoms with Crippen molar-refractivity contribution in [3.05, 3.63) is 180 Å². The molecular weight excluding hydrogens is 583 g/mol. The summed E-state index contributed by atoms with van der Waals surface area (Å²) in [6.45, 7) is 4.71. The molecule has 3 atom stereocenters. The molecule has 0 bridgehead atoms. The minimum atomic E-state index is 0.330. The van der Waals surface area contributed by atoms with Crippen molar-refractivity contribution in [3.63, 3.8) is 0 Å². The highest BCUT2D eigenvalue weighted by Gasteiger charge is 2.27. The van der Waals surface area contributed by atoms with Crippen LogP contribution in [0.2, 0.25) is 0 Å². The Labute approximate surface area is 281 Å². The van der Waals surface area contributed by atoms with E-state index >= 15 is 0 Å². The van der Waals surface area contributed by atoms with Gasteiger partial charge in [-0.15, -0.1) is 0 Å². The topological polar surface area (TPSA) is 16.4 Å². The molecule has 1 heterocycles. The largest absolute Gasteiger partial charge is 0.456 e. The standard InChI is InChI=1S/C46H37NO/c1-30-25-38(20-22-41(30)36-16-15-32-9-3-5-11-34(32)27-36)47(40-19-17-33-10-4-6-12-35(33)28-40)39-21-23-42(31(2)26-39)37-18-24-46-44(29-37)43-13-7-8-14-45(43)48-46/h3-25,27-31,41H,26H2,1-2H3. The number of para-hydroxylation sites is 1. The summed E-state index contributed by atoms with van der Waals surface area (Å²) in [6.07, 6.45) is 12.9. The van der Waals surface area contributed by atoms with Gasteiger partial charge in [0.25, 0.3) is 0 Å². The molecule has 7 aromatic rings. The normalized spacial score (nSPS) is 19.5. The van der Waals surface area contributed by atoms with Gasteiger partial charge in [-0.25, -0.2) is 0 Å². The first-order valence-electron chi connectivity index (χ1n) is 17.1. The minimum Gasteiger partial charge on any atom is -0.456 e. The van der Waals surface area contributed by atoms with Crippen LogP contribution in [0.4, 0.5) is 5.69 Å². The molecule has 0 radical (unpaired) electrons. The Morgan fingerprint density at radius 2 is 1.33 bits per heavy atom. The van der Waals surface area contributed by atoms with Gasteiger partial charge in [-0.2, -0.15) is 0 Å². The molecule has 3 unspecified atom stereocenters. The summed E-state index contributed by atoms with van der Waals surface area (Å²) >= 11 is 0. The van der Waals surface area contributed by atoms with Crippen LogP contribution in [0.3, 0.4) is 0 Å². The van der Waals surface area contributed by atoms with Crippen LogP contribution >= 0.6 is 0 Å². The summed E-state index contributed by atoms with van der Waals surface area (Å²) in [5.41, 5.74) is 9.61. The minimum absolute atomic E-state index is 0.330. The first kappa shape index (κ1) is 28.6. The molecule has 2 nitrogen and oxygen atoms in total. The van der Waals surface area contributed by atoms with Crippen molar-refractivity contribution in [2.24, 2.45) is 11.8 Å². The Morgan fingerprint density at radius 3 is 2.12 bits per heavy atom. The van der Waals surface area contributed by atoms with Crippen LogP contribution in [0.15, 0.2) is 174 Å². The molecular formula is C46H37NO. The highest BCUT2D eigenvalue weighted by atomic mass is 16.3. The zero-order chi connectivity index (χ0) is 32.2. The summed E-state index contributed by atoms with van der Waals surface area (Å²) in [5, 5.41) is 7.45. The number of furan rings is 1. The van der Waals surface area contributed by atoms with E-state index in [1.165, 1.54) is 66.1 Å². The molecule has 0 amide bonds. The number of hydrogen-bond acceptors (Lipinski definition) is 2. The quantitative estimate of drug-likeness (QED) is 0.191. The number of hydrogen-bond donors (Lipinski definition) is 0. The fraction of sp³-hybridized carbons (Fsp3) is 0.130. The van der Waals surface area contributed by atoms with Gasteiger partial charge in [0.05, 0.1) is 0 Å². The molecule has 2 heteroatoms. The molecule has 48 heavy (non-hydrogen) atoms. The lowest BCUT2D eigenvalue weighted by molar-refractivity contribution is 0.625. The third kappa shape index (κ3) is 4.96. The average Bonchev–Trinajstić information content (AvgIpc) is 3.50. The molecule has 1 aromatic heterocycles. The predicted octanol–water partition coefficient (Wildman–Crippen LogP) is 12.6. The van der Waals surface area contributed by atoms with Crippen LogP contribution < -0.4 is 4.90 Å². The van der Waals surface area contributed by atoms with E-state index in [1.54, 1.807) is 0 Å². The number of allylic oxidation sites excluding steroid dienone is 7. The Kier molecular flexibility index (Phi) is 6.90. The van der Waals surface area contributed by atoms with E-state index in [9.17, 15) is 0 Å². The smallest absolute Gasteiger partial charge is 0.135 e. The summed E-state index contributed by atoms with van der Waals surface area (Å²) in [4.78, 5) is 2.49. The van der Waals surface area contributed by atoms with Gasteiger partial charge in [0.1, 0.15) is 11.2 Å². The van der Waals surface area contributed by atoms with Crippen molar-refractivity contribution in [2.75, 3.05) is 4.90 Å². The predicted molar refractivity (Wildman–Crippen MR) is 203 cm³/mol. The number of fused-ring (bicyclic) bond motifs is 5. The molecule has 6 aromatic carbocycles. The molecule has 0 fully saturated rings. The van der Waals surface area contributed by atoms with Gasteiger partial charge in [0.15, 0.2) is 0 Å². The molecule has 232 valence electrons. The molecule has 0 spiro atoms. The van der Waals surface area contributed by atoms with Crippen LogP contribution in [-0.4, -0.2) is 0 Å². The lowest BCUT2D eigenvalue weighted by atomic mass is 9.82. The lowest BCUT2D eigenvalue weighted by Gasteiger charge is -2.35. The van der Waals surface area contributed by atoms with E-state index in [2.05, 4.69) is 164 Å². The van der Waals surface area contributed by atoms with Crippen molar-refractivity contribution in [1.82, 2.24) is 0 Å². The van der Waals surface area contributed by atoms with E-state index < -0.39 is 0 Å². The Morgan fingerprint density at radius 1 is 0.625 bits per heavy atom. The highest BCUT2D eigenvalue weighted by Crippen LogP contribution is 2.42. The molecule has 9 rings (SSSR count). The molecule has 2 aliphatic carbocycles. The maximum atomic E-state index is 6.13. The third-order valence-corrected chi connectivity index (χ3v) is 10.4. The highest BCUT2D eigenvalue weighted by molar-refractivity contribution is 6.06. The molecule has 0 saturated heterocycles. The van der Waals surface area contributed by atoms with Crippen molar-refractivity contribution in [1.29, 1.82) is 0 Å². The maximum Gasteiger partial charge on any atom is 0.135 e. The number of rotatable bonds is 5. The summed E-state index contributed by atoms with van der Waals surface area (Å²) < 4.78 is 6.13. The van der Waals surface area contributed by atoms with Crippen LogP contribution in [0, 0.1) is 11.8 Å². The second-order valence-corrected chi connectivity index (χ2v) is 13.5. The maximum absolute atomic E-state index is 6.13. The second-order valence-electron chi connectivity index (χ2n) is 13.5. The van der Waals surface area contributed by atoms with Crippen LogP contribution in [-0.2, 0) is 0 Å². The van der Waals surface area contributed by atoms with Crippen molar-refractivity contribution in [3.8, 4) is 0 Å².